The van der Waals surface area contributed by atoms with Crippen LogP contribution in [-0.4, -0.2) is 15.0 Å². The van der Waals surface area contributed by atoms with Gasteiger partial charge in [0.05, 0.1) is 11.4 Å². The SMILES string of the molecule is c1ccc(-c2nc(-c3cccnc3)c(-c3ccccc3)[nH]2)cc1. The van der Waals surface area contributed by atoms with E-state index in [-0.39, 0.29) is 0 Å². The van der Waals surface area contributed by atoms with Crippen molar-refractivity contribution in [1.82, 2.24) is 15.0 Å². The van der Waals surface area contributed by atoms with Gasteiger partial charge in [0.2, 0.25) is 0 Å². The summed E-state index contributed by atoms with van der Waals surface area (Å²) in [5.74, 6) is 0.864. The molecule has 2 aromatic carbocycles. The van der Waals surface area contributed by atoms with Gasteiger partial charge in [0.25, 0.3) is 0 Å². The Hall–Kier alpha value is -3.20. The zero-order valence-electron chi connectivity index (χ0n) is 12.5. The van der Waals surface area contributed by atoms with Crippen LogP contribution in [0.3, 0.4) is 0 Å². The number of pyridine rings is 1. The van der Waals surface area contributed by atoms with Crippen LogP contribution in [0.25, 0.3) is 33.9 Å². The highest BCUT2D eigenvalue weighted by molar-refractivity contribution is 5.80. The van der Waals surface area contributed by atoms with Crippen molar-refractivity contribution in [2.24, 2.45) is 0 Å². The van der Waals surface area contributed by atoms with Gasteiger partial charge in [-0.2, -0.15) is 0 Å². The topological polar surface area (TPSA) is 41.6 Å². The maximum atomic E-state index is 4.83. The first-order chi connectivity index (χ1) is 11.4. The molecule has 0 amide bonds. The number of nitrogens with zero attached hydrogens (tertiary/aromatic N) is 2. The summed E-state index contributed by atoms with van der Waals surface area (Å²) in [5, 5.41) is 0. The van der Waals surface area contributed by atoms with Crippen molar-refractivity contribution in [3.8, 4) is 33.9 Å². The van der Waals surface area contributed by atoms with Crippen LogP contribution in [0.4, 0.5) is 0 Å². The van der Waals surface area contributed by atoms with Crippen molar-refractivity contribution in [3.63, 3.8) is 0 Å². The summed E-state index contributed by atoms with van der Waals surface area (Å²) in [4.78, 5) is 12.5. The molecule has 0 saturated carbocycles. The first-order valence-corrected chi connectivity index (χ1v) is 7.53. The Bertz CT molecular complexity index is 841. The van der Waals surface area contributed by atoms with E-state index in [0.717, 1.165) is 33.9 Å². The van der Waals surface area contributed by atoms with E-state index in [2.05, 4.69) is 34.2 Å². The third kappa shape index (κ3) is 2.64. The van der Waals surface area contributed by atoms with E-state index < -0.39 is 0 Å². The number of imidazole rings is 1. The minimum atomic E-state index is 0.864. The smallest absolute Gasteiger partial charge is 0.138 e. The Morgan fingerprint density at radius 3 is 1.96 bits per heavy atom. The monoisotopic (exact) mass is 297 g/mol. The predicted molar refractivity (Wildman–Crippen MR) is 92.7 cm³/mol. The van der Waals surface area contributed by atoms with E-state index in [9.17, 15) is 0 Å². The molecule has 2 heterocycles. The number of nitrogens with one attached hydrogen (secondary N) is 1. The molecule has 0 saturated heterocycles. The second-order valence-electron chi connectivity index (χ2n) is 5.28. The molecule has 0 spiro atoms. The minimum Gasteiger partial charge on any atom is -0.337 e. The fourth-order valence-electron chi connectivity index (χ4n) is 2.63. The lowest BCUT2D eigenvalue weighted by molar-refractivity contribution is 1.29. The van der Waals surface area contributed by atoms with Gasteiger partial charge in [-0.3, -0.25) is 4.98 Å². The van der Waals surface area contributed by atoms with Crippen LogP contribution in [-0.2, 0) is 0 Å². The number of hydrogen-bond donors (Lipinski definition) is 1. The Kier molecular flexibility index (Phi) is 3.45. The molecule has 3 nitrogen and oxygen atoms in total. The van der Waals surface area contributed by atoms with Crippen LogP contribution in [0.1, 0.15) is 0 Å². The number of aromatic nitrogens is 3. The highest BCUT2D eigenvalue weighted by atomic mass is 14.9. The molecule has 4 aromatic rings. The van der Waals surface area contributed by atoms with Gasteiger partial charge in [0.1, 0.15) is 5.82 Å². The zero-order chi connectivity index (χ0) is 15.5. The van der Waals surface area contributed by atoms with Crippen molar-refractivity contribution in [2.45, 2.75) is 0 Å². The maximum Gasteiger partial charge on any atom is 0.138 e. The Morgan fingerprint density at radius 1 is 0.652 bits per heavy atom. The Labute approximate surface area is 134 Å². The van der Waals surface area contributed by atoms with E-state index in [0.29, 0.717) is 0 Å². The second kappa shape index (κ2) is 5.89. The van der Waals surface area contributed by atoms with E-state index in [1.54, 1.807) is 6.20 Å². The van der Waals surface area contributed by atoms with E-state index in [4.69, 9.17) is 4.98 Å². The molecule has 0 aliphatic heterocycles. The van der Waals surface area contributed by atoms with Crippen LogP contribution in [0, 0.1) is 0 Å². The van der Waals surface area contributed by atoms with Gasteiger partial charge in [-0.15, -0.1) is 0 Å². The normalized spacial score (nSPS) is 10.6. The molecule has 0 aliphatic rings. The zero-order valence-corrected chi connectivity index (χ0v) is 12.5. The highest BCUT2D eigenvalue weighted by Gasteiger charge is 2.14. The van der Waals surface area contributed by atoms with Gasteiger partial charge in [0.15, 0.2) is 0 Å². The predicted octanol–water partition coefficient (Wildman–Crippen LogP) is 4.81. The van der Waals surface area contributed by atoms with Crippen molar-refractivity contribution in [1.29, 1.82) is 0 Å². The Balaban J connectivity index is 1.91. The van der Waals surface area contributed by atoms with Crippen LogP contribution in [0.2, 0.25) is 0 Å². The van der Waals surface area contributed by atoms with Gasteiger partial charge in [-0.1, -0.05) is 60.7 Å². The third-order valence-corrected chi connectivity index (χ3v) is 3.75. The van der Waals surface area contributed by atoms with Gasteiger partial charge < -0.3 is 4.98 Å². The summed E-state index contributed by atoms with van der Waals surface area (Å²) in [6.07, 6.45) is 3.62. The quantitative estimate of drug-likeness (QED) is 0.590. The first kappa shape index (κ1) is 13.5. The van der Waals surface area contributed by atoms with Crippen molar-refractivity contribution in [3.05, 3.63) is 85.2 Å². The molecule has 0 fully saturated rings. The molecule has 23 heavy (non-hydrogen) atoms. The molecular weight excluding hydrogens is 282 g/mol. The summed E-state index contributed by atoms with van der Waals surface area (Å²) in [5.41, 5.74) is 5.12. The maximum absolute atomic E-state index is 4.83. The Morgan fingerprint density at radius 2 is 1.30 bits per heavy atom. The van der Waals surface area contributed by atoms with Crippen molar-refractivity contribution < 1.29 is 0 Å². The molecular formula is C20H15N3. The molecule has 110 valence electrons. The van der Waals surface area contributed by atoms with Gasteiger partial charge in [0, 0.05) is 29.1 Å². The van der Waals surface area contributed by atoms with E-state index >= 15 is 0 Å². The third-order valence-electron chi connectivity index (χ3n) is 3.75. The van der Waals surface area contributed by atoms with Crippen LogP contribution >= 0.6 is 0 Å². The van der Waals surface area contributed by atoms with Crippen molar-refractivity contribution in [2.75, 3.05) is 0 Å². The van der Waals surface area contributed by atoms with Gasteiger partial charge in [-0.05, 0) is 12.1 Å². The molecule has 0 unspecified atom stereocenters. The lowest BCUT2D eigenvalue weighted by atomic mass is 10.1. The standard InChI is InChI=1S/C20H15N3/c1-3-8-15(9-4-1)18-19(17-12-7-13-21-14-17)23-20(22-18)16-10-5-2-6-11-16/h1-14H,(H,22,23). The number of hydrogen-bond acceptors (Lipinski definition) is 2. The van der Waals surface area contributed by atoms with E-state index in [1.165, 1.54) is 0 Å². The highest BCUT2D eigenvalue weighted by Crippen LogP contribution is 2.32. The summed E-state index contributed by atoms with van der Waals surface area (Å²) in [6, 6.07) is 24.4. The van der Waals surface area contributed by atoms with Crippen LogP contribution < -0.4 is 0 Å². The van der Waals surface area contributed by atoms with E-state index in [1.807, 2.05) is 54.7 Å². The average Bonchev–Trinajstić information content (AvgIpc) is 3.09. The largest absolute Gasteiger partial charge is 0.337 e. The number of rotatable bonds is 3. The summed E-state index contributed by atoms with van der Waals surface area (Å²) in [7, 11) is 0. The second-order valence-corrected chi connectivity index (χ2v) is 5.28. The molecule has 0 radical (unpaired) electrons. The number of benzene rings is 2. The van der Waals surface area contributed by atoms with Crippen LogP contribution in [0.15, 0.2) is 85.2 Å². The van der Waals surface area contributed by atoms with Gasteiger partial charge in [-0.25, -0.2) is 4.98 Å². The number of H-pyrrole nitrogens is 1. The molecule has 2 aromatic heterocycles. The molecule has 0 aliphatic carbocycles. The summed E-state index contributed by atoms with van der Waals surface area (Å²) in [6.45, 7) is 0. The van der Waals surface area contributed by atoms with Crippen LogP contribution in [0.5, 0.6) is 0 Å². The molecule has 0 bridgehead atoms. The fourth-order valence-corrected chi connectivity index (χ4v) is 2.63. The summed E-state index contributed by atoms with van der Waals surface area (Å²) >= 11 is 0. The minimum absolute atomic E-state index is 0.864. The molecule has 4 rings (SSSR count). The van der Waals surface area contributed by atoms with Gasteiger partial charge >= 0.3 is 0 Å². The lowest BCUT2D eigenvalue weighted by Crippen LogP contribution is -1.84. The average molecular weight is 297 g/mol. The first-order valence-electron chi connectivity index (χ1n) is 7.53. The lowest BCUT2D eigenvalue weighted by Gasteiger charge is -2.02. The number of aromatic amines is 1. The summed E-state index contributed by atoms with van der Waals surface area (Å²) < 4.78 is 0. The fraction of sp³-hybridized carbons (Fsp3) is 0. The van der Waals surface area contributed by atoms with Crippen molar-refractivity contribution >= 4 is 0 Å². The molecule has 0 atom stereocenters. The molecule has 1 N–H and O–H groups in total. The molecule has 3 heteroatoms.